The molecule has 1 fully saturated rings. The first-order valence-electron chi connectivity index (χ1n) is 7.52. The van der Waals surface area contributed by atoms with Crippen molar-refractivity contribution >= 4 is 23.1 Å². The molecule has 3 heterocycles. The van der Waals surface area contributed by atoms with Gasteiger partial charge in [0.15, 0.2) is 5.58 Å². The molecule has 6 heteroatoms. The summed E-state index contributed by atoms with van der Waals surface area (Å²) < 4.78 is 5.74. The zero-order valence-corrected chi connectivity index (χ0v) is 12.1. The quantitative estimate of drug-likeness (QED) is 0.801. The Balaban J connectivity index is 1.48. The summed E-state index contributed by atoms with van der Waals surface area (Å²) in [6, 6.07) is 10.5. The second-order valence-electron chi connectivity index (χ2n) is 5.47. The zero-order valence-electron chi connectivity index (χ0n) is 12.1. The van der Waals surface area contributed by atoms with Gasteiger partial charge in [-0.1, -0.05) is 12.1 Å². The molecule has 1 aliphatic heterocycles. The number of aromatic nitrogens is 3. The van der Waals surface area contributed by atoms with Crippen molar-refractivity contribution in [2.24, 2.45) is 0 Å². The standard InChI is InChI=1S/C16H17N5O/c1-2-7-14-13(6-1)20-16(22-14)19-12-5-3-10-21(11-12)15-17-8-4-9-18-15/h1-2,4,6-9,12H,3,5,10-11H2,(H,19,20). The van der Waals surface area contributed by atoms with E-state index in [1.54, 1.807) is 12.4 Å². The van der Waals surface area contributed by atoms with Crippen LogP contribution in [0.2, 0.25) is 0 Å². The molecule has 6 nitrogen and oxygen atoms in total. The molecule has 1 saturated heterocycles. The molecule has 22 heavy (non-hydrogen) atoms. The molecule has 1 aliphatic rings. The van der Waals surface area contributed by atoms with Crippen LogP contribution in [0.1, 0.15) is 12.8 Å². The summed E-state index contributed by atoms with van der Waals surface area (Å²) in [5, 5.41) is 3.40. The minimum atomic E-state index is 0.283. The van der Waals surface area contributed by atoms with E-state index in [-0.39, 0.29) is 6.04 Å². The Morgan fingerprint density at radius 3 is 2.86 bits per heavy atom. The number of rotatable bonds is 3. The molecular weight excluding hydrogens is 278 g/mol. The van der Waals surface area contributed by atoms with Gasteiger partial charge in [-0.3, -0.25) is 0 Å². The van der Waals surface area contributed by atoms with Crippen molar-refractivity contribution in [2.45, 2.75) is 18.9 Å². The average Bonchev–Trinajstić information content (AvgIpc) is 2.98. The molecule has 1 atom stereocenters. The molecule has 0 saturated carbocycles. The van der Waals surface area contributed by atoms with E-state index in [4.69, 9.17) is 4.42 Å². The van der Waals surface area contributed by atoms with Crippen LogP contribution in [0.15, 0.2) is 47.1 Å². The number of piperidine rings is 1. The molecule has 112 valence electrons. The van der Waals surface area contributed by atoms with E-state index in [9.17, 15) is 0 Å². The second kappa shape index (κ2) is 5.63. The lowest BCUT2D eigenvalue weighted by Crippen LogP contribution is -2.42. The second-order valence-corrected chi connectivity index (χ2v) is 5.47. The Morgan fingerprint density at radius 1 is 1.14 bits per heavy atom. The Morgan fingerprint density at radius 2 is 2.00 bits per heavy atom. The van der Waals surface area contributed by atoms with Crippen LogP contribution in [0.4, 0.5) is 12.0 Å². The van der Waals surface area contributed by atoms with Gasteiger partial charge in [0, 0.05) is 31.5 Å². The van der Waals surface area contributed by atoms with E-state index in [1.165, 1.54) is 0 Å². The van der Waals surface area contributed by atoms with E-state index in [0.717, 1.165) is 43.0 Å². The van der Waals surface area contributed by atoms with Gasteiger partial charge in [-0.25, -0.2) is 9.97 Å². The number of nitrogens with zero attached hydrogens (tertiary/aromatic N) is 4. The van der Waals surface area contributed by atoms with Crippen molar-refractivity contribution in [1.82, 2.24) is 15.0 Å². The highest BCUT2D eigenvalue weighted by Gasteiger charge is 2.22. The summed E-state index contributed by atoms with van der Waals surface area (Å²) in [5.41, 5.74) is 1.69. The molecule has 0 bridgehead atoms. The first-order valence-corrected chi connectivity index (χ1v) is 7.52. The van der Waals surface area contributed by atoms with Gasteiger partial charge in [-0.2, -0.15) is 4.98 Å². The fraction of sp³-hybridized carbons (Fsp3) is 0.312. The third-order valence-electron chi connectivity index (χ3n) is 3.88. The Bertz CT molecular complexity index is 724. The fourth-order valence-corrected chi connectivity index (χ4v) is 2.84. The third kappa shape index (κ3) is 2.59. The third-order valence-corrected chi connectivity index (χ3v) is 3.88. The van der Waals surface area contributed by atoms with Crippen LogP contribution in [-0.2, 0) is 0 Å². The maximum atomic E-state index is 5.74. The smallest absolute Gasteiger partial charge is 0.295 e. The highest BCUT2D eigenvalue weighted by atomic mass is 16.4. The van der Waals surface area contributed by atoms with E-state index in [1.807, 2.05) is 30.3 Å². The first kappa shape index (κ1) is 13.1. The summed E-state index contributed by atoms with van der Waals surface area (Å²) in [6.07, 6.45) is 5.73. The van der Waals surface area contributed by atoms with Crippen LogP contribution in [0.5, 0.6) is 0 Å². The average molecular weight is 295 g/mol. The lowest BCUT2D eigenvalue weighted by molar-refractivity contribution is 0.504. The van der Waals surface area contributed by atoms with Crippen molar-refractivity contribution < 1.29 is 4.42 Å². The lowest BCUT2D eigenvalue weighted by Gasteiger charge is -2.32. The first-order chi connectivity index (χ1) is 10.9. The minimum absolute atomic E-state index is 0.283. The fourth-order valence-electron chi connectivity index (χ4n) is 2.84. The van der Waals surface area contributed by atoms with Crippen molar-refractivity contribution in [3.8, 4) is 0 Å². The molecule has 0 radical (unpaired) electrons. The molecule has 0 amide bonds. The molecule has 1 aromatic carbocycles. The predicted octanol–water partition coefficient (Wildman–Crippen LogP) is 2.70. The number of hydrogen-bond acceptors (Lipinski definition) is 6. The molecular formula is C16H17N5O. The molecule has 4 rings (SSSR count). The Hall–Kier alpha value is -2.63. The van der Waals surface area contributed by atoms with Gasteiger partial charge in [0.05, 0.1) is 0 Å². The summed E-state index contributed by atoms with van der Waals surface area (Å²) in [7, 11) is 0. The highest BCUT2D eigenvalue weighted by molar-refractivity contribution is 5.74. The number of nitrogens with one attached hydrogen (secondary N) is 1. The van der Waals surface area contributed by atoms with Crippen LogP contribution < -0.4 is 10.2 Å². The van der Waals surface area contributed by atoms with Gasteiger partial charge in [0.25, 0.3) is 6.01 Å². The van der Waals surface area contributed by atoms with Crippen molar-refractivity contribution in [3.63, 3.8) is 0 Å². The van der Waals surface area contributed by atoms with Crippen LogP contribution in [-0.4, -0.2) is 34.1 Å². The van der Waals surface area contributed by atoms with Gasteiger partial charge >= 0.3 is 0 Å². The van der Waals surface area contributed by atoms with Crippen LogP contribution >= 0.6 is 0 Å². The van der Waals surface area contributed by atoms with E-state index in [0.29, 0.717) is 6.01 Å². The van der Waals surface area contributed by atoms with Gasteiger partial charge in [-0.05, 0) is 31.0 Å². The number of oxazole rings is 1. The molecule has 0 aliphatic carbocycles. The lowest BCUT2D eigenvalue weighted by atomic mass is 10.1. The summed E-state index contributed by atoms with van der Waals surface area (Å²) in [6.45, 7) is 1.83. The number of para-hydroxylation sites is 2. The summed E-state index contributed by atoms with van der Waals surface area (Å²) in [4.78, 5) is 15.3. The molecule has 1 N–H and O–H groups in total. The Kier molecular flexibility index (Phi) is 3.34. The molecule has 1 unspecified atom stereocenters. The minimum Gasteiger partial charge on any atom is -0.424 e. The van der Waals surface area contributed by atoms with Crippen molar-refractivity contribution in [3.05, 3.63) is 42.7 Å². The van der Waals surface area contributed by atoms with Crippen molar-refractivity contribution in [2.75, 3.05) is 23.3 Å². The number of hydrogen-bond donors (Lipinski definition) is 1. The largest absolute Gasteiger partial charge is 0.424 e. The topological polar surface area (TPSA) is 67.1 Å². The monoisotopic (exact) mass is 295 g/mol. The molecule has 2 aromatic heterocycles. The summed E-state index contributed by atoms with van der Waals surface area (Å²) >= 11 is 0. The van der Waals surface area contributed by atoms with E-state index in [2.05, 4.69) is 25.2 Å². The van der Waals surface area contributed by atoms with E-state index >= 15 is 0 Å². The highest BCUT2D eigenvalue weighted by Crippen LogP contribution is 2.22. The molecule has 0 spiro atoms. The number of fused-ring (bicyclic) bond motifs is 1. The van der Waals surface area contributed by atoms with Crippen molar-refractivity contribution in [1.29, 1.82) is 0 Å². The normalized spacial score (nSPS) is 18.5. The summed E-state index contributed by atoms with van der Waals surface area (Å²) in [5.74, 6) is 0.784. The predicted molar refractivity (Wildman–Crippen MR) is 84.9 cm³/mol. The number of benzene rings is 1. The van der Waals surface area contributed by atoms with Gasteiger partial charge < -0.3 is 14.6 Å². The maximum absolute atomic E-state index is 5.74. The Labute approximate surface area is 128 Å². The maximum Gasteiger partial charge on any atom is 0.295 e. The molecule has 3 aromatic rings. The SMILES string of the molecule is c1cnc(N2CCCC(Nc3nc4ccccc4o3)C2)nc1. The van der Waals surface area contributed by atoms with Gasteiger partial charge in [0.2, 0.25) is 5.95 Å². The van der Waals surface area contributed by atoms with Crippen LogP contribution in [0, 0.1) is 0 Å². The number of anilines is 2. The van der Waals surface area contributed by atoms with Crippen LogP contribution in [0.25, 0.3) is 11.1 Å². The van der Waals surface area contributed by atoms with Gasteiger partial charge in [0.1, 0.15) is 5.52 Å². The van der Waals surface area contributed by atoms with E-state index < -0.39 is 0 Å². The van der Waals surface area contributed by atoms with Crippen LogP contribution in [0.3, 0.4) is 0 Å². The van der Waals surface area contributed by atoms with Gasteiger partial charge in [-0.15, -0.1) is 0 Å². The zero-order chi connectivity index (χ0) is 14.8.